The molecule has 1 aliphatic rings. The van der Waals surface area contributed by atoms with E-state index in [1.807, 2.05) is 0 Å². The molecule has 0 spiro atoms. The summed E-state index contributed by atoms with van der Waals surface area (Å²) in [6, 6.07) is 11.2. The molecule has 2 nitrogen and oxygen atoms in total. The third-order valence-corrected chi connectivity index (χ3v) is 5.28. The summed E-state index contributed by atoms with van der Waals surface area (Å²) in [5, 5.41) is 3.69. The van der Waals surface area contributed by atoms with Crippen LogP contribution in [0.1, 0.15) is 56.3 Å². The maximum Gasteiger partial charge on any atom is 0.134 e. The van der Waals surface area contributed by atoms with Crippen LogP contribution in [0.4, 0.5) is 0 Å². The Balaban J connectivity index is 0.00000208. The molecule has 1 aromatic carbocycles. The second-order valence-electron chi connectivity index (χ2n) is 6.65. The van der Waals surface area contributed by atoms with Crippen molar-refractivity contribution in [2.75, 3.05) is 0 Å². The first kappa shape index (κ1) is 19.6. The molecule has 132 valence electrons. The lowest BCUT2D eigenvalue weighted by atomic mass is 9.97. The Morgan fingerprint density at radius 3 is 2.46 bits per heavy atom. The van der Waals surface area contributed by atoms with Crippen molar-refractivity contribution in [3.05, 3.63) is 46.1 Å². The molecule has 0 bridgehead atoms. The van der Waals surface area contributed by atoms with E-state index in [9.17, 15) is 0 Å². The van der Waals surface area contributed by atoms with Gasteiger partial charge in [-0.25, -0.2) is 0 Å². The fourth-order valence-electron chi connectivity index (χ4n) is 3.43. The summed E-state index contributed by atoms with van der Waals surface area (Å²) in [4.78, 5) is 0. The first-order valence-corrected chi connectivity index (χ1v) is 9.60. The zero-order chi connectivity index (χ0) is 16.1. The minimum Gasteiger partial charge on any atom is -0.460 e. The molecule has 0 radical (unpaired) electrons. The minimum absolute atomic E-state index is 0. The Morgan fingerprint density at radius 2 is 1.75 bits per heavy atom. The highest BCUT2D eigenvalue weighted by Crippen LogP contribution is 2.28. The quantitative estimate of drug-likeness (QED) is 0.608. The third kappa shape index (κ3) is 5.37. The van der Waals surface area contributed by atoms with E-state index >= 15 is 0 Å². The lowest BCUT2D eigenvalue weighted by Crippen LogP contribution is -2.29. The maximum absolute atomic E-state index is 6.06. The van der Waals surface area contributed by atoms with Crippen LogP contribution in [0, 0.1) is 6.92 Å². The topological polar surface area (TPSA) is 25.2 Å². The Bertz CT molecular complexity index is 632. The molecule has 1 aromatic heterocycles. The van der Waals surface area contributed by atoms with Crippen LogP contribution in [-0.2, 0) is 6.54 Å². The number of hydrogen-bond donors (Lipinski definition) is 1. The van der Waals surface area contributed by atoms with Gasteiger partial charge < -0.3 is 9.73 Å². The van der Waals surface area contributed by atoms with E-state index in [-0.39, 0.29) is 12.4 Å². The maximum atomic E-state index is 6.06. The Hall–Kier alpha value is -0.770. The summed E-state index contributed by atoms with van der Waals surface area (Å²) in [5.41, 5.74) is 2.40. The third-order valence-electron chi connectivity index (χ3n) is 4.79. The Kier molecular flexibility index (Phi) is 7.86. The highest BCUT2D eigenvalue weighted by molar-refractivity contribution is 9.10. The highest BCUT2D eigenvalue weighted by Gasteiger charge is 2.12. The minimum atomic E-state index is 0. The van der Waals surface area contributed by atoms with Crippen LogP contribution < -0.4 is 5.32 Å². The molecular weight excluding hydrogens is 386 g/mol. The van der Waals surface area contributed by atoms with Gasteiger partial charge in [-0.1, -0.05) is 48.0 Å². The summed E-state index contributed by atoms with van der Waals surface area (Å²) in [6.45, 7) is 2.95. The van der Waals surface area contributed by atoms with E-state index in [0.29, 0.717) is 6.04 Å². The first-order valence-electron chi connectivity index (χ1n) is 8.81. The largest absolute Gasteiger partial charge is 0.460 e. The lowest BCUT2D eigenvalue weighted by molar-refractivity contribution is 0.372. The molecular formula is C20H27BrClNO. The molecule has 2 aromatic rings. The number of aryl methyl sites for hydroxylation is 1. The van der Waals surface area contributed by atoms with Crippen molar-refractivity contribution >= 4 is 28.3 Å². The van der Waals surface area contributed by atoms with E-state index in [1.165, 1.54) is 56.1 Å². The number of furan rings is 1. The van der Waals surface area contributed by atoms with Crippen LogP contribution in [-0.4, -0.2) is 6.04 Å². The van der Waals surface area contributed by atoms with Gasteiger partial charge in [0, 0.05) is 16.1 Å². The molecule has 0 saturated heterocycles. The van der Waals surface area contributed by atoms with Crippen LogP contribution >= 0.6 is 28.3 Å². The van der Waals surface area contributed by atoms with Crippen LogP contribution in [0.5, 0.6) is 0 Å². The van der Waals surface area contributed by atoms with Gasteiger partial charge in [0.15, 0.2) is 0 Å². The number of rotatable bonds is 4. The molecule has 3 rings (SSSR count). The summed E-state index contributed by atoms with van der Waals surface area (Å²) < 4.78 is 7.17. The van der Waals surface area contributed by atoms with Crippen molar-refractivity contribution in [1.29, 1.82) is 0 Å². The van der Waals surface area contributed by atoms with Crippen molar-refractivity contribution in [2.45, 2.75) is 64.5 Å². The number of benzene rings is 1. The smallest absolute Gasteiger partial charge is 0.134 e. The van der Waals surface area contributed by atoms with Gasteiger partial charge in [0.1, 0.15) is 11.5 Å². The SMILES string of the molecule is Cc1cc(Br)ccc1-c1ccc(CNC2CCCCCCC2)o1.Cl. The van der Waals surface area contributed by atoms with Crippen LogP contribution in [0.15, 0.2) is 39.2 Å². The second kappa shape index (κ2) is 9.65. The molecule has 0 aliphatic heterocycles. The van der Waals surface area contributed by atoms with Crippen molar-refractivity contribution in [1.82, 2.24) is 5.32 Å². The molecule has 24 heavy (non-hydrogen) atoms. The van der Waals surface area contributed by atoms with Gasteiger partial charge in [-0.3, -0.25) is 0 Å². The summed E-state index contributed by atoms with van der Waals surface area (Å²) in [5.74, 6) is 1.99. The van der Waals surface area contributed by atoms with Gasteiger partial charge in [0.2, 0.25) is 0 Å². The van der Waals surface area contributed by atoms with Crippen LogP contribution in [0.3, 0.4) is 0 Å². The van der Waals surface area contributed by atoms with Crippen LogP contribution in [0.2, 0.25) is 0 Å². The second-order valence-corrected chi connectivity index (χ2v) is 7.56. The van der Waals surface area contributed by atoms with Gasteiger partial charge in [-0.2, -0.15) is 0 Å². The predicted molar refractivity (Wildman–Crippen MR) is 107 cm³/mol. The van der Waals surface area contributed by atoms with E-state index < -0.39 is 0 Å². The molecule has 0 atom stereocenters. The van der Waals surface area contributed by atoms with E-state index in [4.69, 9.17) is 4.42 Å². The van der Waals surface area contributed by atoms with Gasteiger partial charge in [-0.05, 0) is 55.7 Å². The average molecular weight is 413 g/mol. The molecule has 1 N–H and O–H groups in total. The van der Waals surface area contributed by atoms with Crippen LogP contribution in [0.25, 0.3) is 11.3 Å². The molecule has 1 heterocycles. The molecule has 1 fully saturated rings. The Labute approximate surface area is 159 Å². The summed E-state index contributed by atoms with van der Waals surface area (Å²) in [7, 11) is 0. The highest BCUT2D eigenvalue weighted by atomic mass is 79.9. The van der Waals surface area contributed by atoms with E-state index in [1.54, 1.807) is 0 Å². The monoisotopic (exact) mass is 411 g/mol. The molecule has 0 amide bonds. The number of halogens is 2. The van der Waals surface area contributed by atoms with Gasteiger partial charge >= 0.3 is 0 Å². The van der Waals surface area contributed by atoms with Crippen molar-refractivity contribution < 1.29 is 4.42 Å². The molecule has 1 aliphatic carbocycles. The fourth-order valence-corrected chi connectivity index (χ4v) is 3.90. The summed E-state index contributed by atoms with van der Waals surface area (Å²) in [6.07, 6.45) is 9.54. The van der Waals surface area contributed by atoms with Gasteiger partial charge in [0.05, 0.1) is 6.54 Å². The average Bonchev–Trinajstić information content (AvgIpc) is 2.94. The lowest BCUT2D eigenvalue weighted by Gasteiger charge is -2.20. The first-order chi connectivity index (χ1) is 11.2. The predicted octanol–water partition coefficient (Wildman–Crippen LogP) is 6.64. The normalized spacial score (nSPS) is 16.2. The van der Waals surface area contributed by atoms with Gasteiger partial charge in [-0.15, -0.1) is 12.4 Å². The van der Waals surface area contributed by atoms with Crippen molar-refractivity contribution in [2.24, 2.45) is 0 Å². The van der Waals surface area contributed by atoms with Crippen molar-refractivity contribution in [3.8, 4) is 11.3 Å². The zero-order valence-corrected chi connectivity index (χ0v) is 16.7. The fraction of sp³-hybridized carbons (Fsp3) is 0.500. The van der Waals surface area contributed by atoms with E-state index in [0.717, 1.165) is 22.5 Å². The van der Waals surface area contributed by atoms with Crippen molar-refractivity contribution in [3.63, 3.8) is 0 Å². The number of nitrogens with one attached hydrogen (secondary N) is 1. The molecule has 0 unspecified atom stereocenters. The molecule has 1 saturated carbocycles. The summed E-state index contributed by atoms with van der Waals surface area (Å²) >= 11 is 3.51. The molecule has 4 heteroatoms. The Morgan fingerprint density at radius 1 is 1.04 bits per heavy atom. The standard InChI is InChI=1S/C20H26BrNO.ClH/c1-15-13-16(21)9-11-19(15)20-12-10-18(23-20)14-22-17-7-5-3-2-4-6-8-17;/h9-13,17,22H,2-8,14H2,1H3;1H. The van der Waals surface area contributed by atoms with E-state index in [2.05, 4.69) is 58.5 Å². The zero-order valence-electron chi connectivity index (χ0n) is 14.3. The number of hydrogen-bond acceptors (Lipinski definition) is 2. The van der Waals surface area contributed by atoms with Gasteiger partial charge in [0.25, 0.3) is 0 Å².